The van der Waals surface area contributed by atoms with Gasteiger partial charge in [-0.25, -0.2) is 4.90 Å². The van der Waals surface area contributed by atoms with Crippen molar-refractivity contribution in [3.05, 3.63) is 0 Å². The van der Waals surface area contributed by atoms with E-state index in [1.807, 2.05) is 0 Å². The topological polar surface area (TPSA) is 3.24 Å². The first kappa shape index (κ1) is 7.69. The van der Waals surface area contributed by atoms with Gasteiger partial charge in [-0.2, -0.15) is 0 Å². The monoisotopic (exact) mass is 187 g/mol. The van der Waals surface area contributed by atoms with Gasteiger partial charge >= 0.3 is 0 Å². The lowest BCUT2D eigenvalue weighted by Crippen LogP contribution is -2.76. The first-order valence-electron chi connectivity index (χ1n) is 4.69. The largest absolute Gasteiger partial charge is 0.263 e. The highest BCUT2D eigenvalue weighted by molar-refractivity contribution is 7.57. The van der Waals surface area contributed by atoms with Crippen molar-refractivity contribution >= 4 is 7.92 Å². The molecule has 4 aliphatic rings. The summed E-state index contributed by atoms with van der Waals surface area (Å²) in [6.07, 6.45) is 4.44. The number of quaternary nitrogens is 2. The van der Waals surface area contributed by atoms with Crippen molar-refractivity contribution in [1.29, 1.82) is 0 Å². The van der Waals surface area contributed by atoms with Crippen molar-refractivity contribution < 1.29 is 8.97 Å². The van der Waals surface area contributed by atoms with Crippen LogP contribution in [0.15, 0.2) is 0 Å². The summed E-state index contributed by atoms with van der Waals surface area (Å²) in [5.41, 5.74) is 0. The Morgan fingerprint density at radius 1 is 1.08 bits per heavy atom. The Morgan fingerprint density at radius 3 is 2.08 bits per heavy atom. The van der Waals surface area contributed by atoms with Crippen molar-refractivity contribution in [2.75, 3.05) is 53.0 Å². The summed E-state index contributed by atoms with van der Waals surface area (Å²) < 4.78 is 2.67. The first-order chi connectivity index (χ1) is 5.57. The van der Waals surface area contributed by atoms with Crippen molar-refractivity contribution in [2.45, 2.75) is 0 Å². The summed E-state index contributed by atoms with van der Waals surface area (Å²) >= 11 is 0. The predicted octanol–water partition coefficient (Wildman–Crippen LogP) is 0.449. The van der Waals surface area contributed by atoms with Crippen LogP contribution in [0.5, 0.6) is 0 Å². The van der Waals surface area contributed by atoms with Crippen LogP contribution in [0.4, 0.5) is 0 Å². The van der Waals surface area contributed by atoms with E-state index in [0.717, 1.165) is 0 Å². The molecule has 4 heteroatoms. The molecule has 0 radical (unpaired) electrons. The van der Waals surface area contributed by atoms with Gasteiger partial charge in [-0.3, -0.25) is 8.97 Å². The predicted molar refractivity (Wildman–Crippen MR) is 50.3 cm³/mol. The third-order valence-electron chi connectivity index (χ3n) is 3.25. The third kappa shape index (κ3) is 0.973. The Hall–Kier alpha value is 0.310. The standard InChI is InChI=1S/C8H18N3P/c1-10-3-9-4-11(2,6-10)8-12(5-9)7-10/h3-8H2,1-2H3/q+2. The van der Waals surface area contributed by atoms with E-state index in [1.54, 1.807) is 0 Å². The van der Waals surface area contributed by atoms with Gasteiger partial charge < -0.3 is 0 Å². The zero-order valence-corrected chi connectivity index (χ0v) is 8.93. The molecule has 4 aliphatic heterocycles. The molecule has 0 saturated carbocycles. The molecule has 0 aromatic carbocycles. The molecule has 0 spiro atoms. The van der Waals surface area contributed by atoms with E-state index in [1.165, 1.54) is 47.8 Å². The quantitative estimate of drug-likeness (QED) is 0.393. The van der Waals surface area contributed by atoms with Crippen LogP contribution in [0, 0.1) is 0 Å². The van der Waals surface area contributed by atoms with E-state index in [4.69, 9.17) is 0 Å². The average Bonchev–Trinajstić information content (AvgIpc) is 1.75. The van der Waals surface area contributed by atoms with Gasteiger partial charge in [0.05, 0.1) is 14.1 Å². The van der Waals surface area contributed by atoms with Crippen LogP contribution in [-0.4, -0.2) is 66.8 Å². The molecule has 4 saturated heterocycles. The van der Waals surface area contributed by atoms with Crippen molar-refractivity contribution in [2.24, 2.45) is 0 Å². The van der Waals surface area contributed by atoms with Crippen LogP contribution in [0.3, 0.4) is 0 Å². The average molecular weight is 187 g/mol. The summed E-state index contributed by atoms with van der Waals surface area (Å²) in [5.74, 6) is 0. The Bertz CT molecular complexity index is 196. The van der Waals surface area contributed by atoms with Crippen LogP contribution in [0.1, 0.15) is 0 Å². The molecule has 0 aromatic rings. The van der Waals surface area contributed by atoms with E-state index < -0.39 is 0 Å². The van der Waals surface area contributed by atoms with E-state index in [0.29, 0.717) is 7.92 Å². The molecule has 0 N–H and O–H groups in total. The number of nitrogens with zero attached hydrogens (tertiary/aromatic N) is 3. The summed E-state index contributed by atoms with van der Waals surface area (Å²) in [5, 5.41) is 0. The van der Waals surface area contributed by atoms with Crippen LogP contribution < -0.4 is 0 Å². The molecule has 4 heterocycles. The fourth-order valence-electron chi connectivity index (χ4n) is 3.58. The smallest absolute Gasteiger partial charge is 0.209 e. The zero-order valence-electron chi connectivity index (χ0n) is 8.03. The molecule has 68 valence electrons. The molecular weight excluding hydrogens is 169 g/mol. The SMILES string of the molecule is C[N+]12CN3CP(C1)C[N+](C)(C3)C2. The lowest BCUT2D eigenvalue weighted by molar-refractivity contribution is -1.12. The molecular formula is C8H18N3P+2. The van der Waals surface area contributed by atoms with Gasteiger partial charge in [0.25, 0.3) is 0 Å². The van der Waals surface area contributed by atoms with Crippen LogP contribution in [0.2, 0.25) is 0 Å². The molecule has 2 unspecified atom stereocenters. The van der Waals surface area contributed by atoms with Gasteiger partial charge in [-0.05, 0) is 0 Å². The summed E-state index contributed by atoms with van der Waals surface area (Å²) in [4.78, 5) is 2.68. The van der Waals surface area contributed by atoms with E-state index >= 15 is 0 Å². The minimum atomic E-state index is 0.361. The van der Waals surface area contributed by atoms with Crippen molar-refractivity contribution in [3.8, 4) is 0 Å². The maximum Gasteiger partial charge on any atom is 0.209 e. The van der Waals surface area contributed by atoms with Gasteiger partial charge in [-0.15, -0.1) is 0 Å². The van der Waals surface area contributed by atoms with E-state index in [2.05, 4.69) is 19.0 Å². The number of hydrogen-bond donors (Lipinski definition) is 0. The second kappa shape index (κ2) is 2.03. The van der Waals surface area contributed by atoms with Gasteiger partial charge in [-0.1, -0.05) is 0 Å². The maximum atomic E-state index is 2.68. The van der Waals surface area contributed by atoms with E-state index in [9.17, 15) is 0 Å². The molecule has 0 amide bonds. The molecule has 0 aromatic heterocycles. The second-order valence-electron chi connectivity index (χ2n) is 5.43. The van der Waals surface area contributed by atoms with Gasteiger partial charge in [0, 0.05) is 14.2 Å². The maximum absolute atomic E-state index is 2.68. The third-order valence-corrected chi connectivity index (χ3v) is 6.21. The minimum absolute atomic E-state index is 0.361. The highest BCUT2D eigenvalue weighted by atomic mass is 31.1. The fourth-order valence-corrected chi connectivity index (χ4v) is 6.88. The minimum Gasteiger partial charge on any atom is -0.263 e. The summed E-state index contributed by atoms with van der Waals surface area (Å²) in [6, 6.07) is 0. The Labute approximate surface area is 75.5 Å². The lowest BCUT2D eigenvalue weighted by Gasteiger charge is -2.60. The molecule has 0 aliphatic carbocycles. The van der Waals surface area contributed by atoms with Gasteiger partial charge in [0.2, 0.25) is 6.67 Å². The second-order valence-corrected chi connectivity index (χ2v) is 7.62. The summed E-state index contributed by atoms with van der Waals surface area (Å²) in [7, 11) is 5.24. The number of hydrogen-bond acceptors (Lipinski definition) is 1. The van der Waals surface area contributed by atoms with Gasteiger partial charge in [0.15, 0.2) is 0 Å². The highest BCUT2D eigenvalue weighted by Crippen LogP contribution is 2.52. The molecule has 4 rings (SSSR count). The molecule has 4 bridgehead atoms. The van der Waals surface area contributed by atoms with Crippen molar-refractivity contribution in [3.63, 3.8) is 0 Å². The lowest BCUT2D eigenvalue weighted by atomic mass is 10.4. The fraction of sp³-hybridized carbons (Fsp3) is 1.00. The Balaban J connectivity index is 1.98. The van der Waals surface area contributed by atoms with E-state index in [-0.39, 0.29) is 0 Å². The molecule has 12 heavy (non-hydrogen) atoms. The zero-order chi connectivity index (χ0) is 8.40. The Morgan fingerprint density at radius 2 is 1.67 bits per heavy atom. The van der Waals surface area contributed by atoms with Gasteiger partial charge in [0.1, 0.15) is 25.9 Å². The van der Waals surface area contributed by atoms with Crippen molar-refractivity contribution in [1.82, 2.24) is 4.90 Å². The normalized spacial score (nSPS) is 62.5. The molecule has 4 fully saturated rings. The van der Waals surface area contributed by atoms with Crippen LogP contribution in [0.25, 0.3) is 0 Å². The van der Waals surface area contributed by atoms with Crippen LogP contribution in [-0.2, 0) is 0 Å². The molecule has 2 atom stereocenters. The molecule has 3 nitrogen and oxygen atoms in total. The summed E-state index contributed by atoms with van der Waals surface area (Å²) in [6.45, 7) is 4.04. The Kier molecular flexibility index (Phi) is 1.30. The van der Waals surface area contributed by atoms with Crippen LogP contribution >= 0.6 is 7.92 Å². The highest BCUT2D eigenvalue weighted by Gasteiger charge is 2.54. The number of rotatable bonds is 0. The first-order valence-corrected chi connectivity index (χ1v) is 6.59.